The smallest absolute Gasteiger partial charge is 0.310 e. The molecule has 2 heterocycles. The number of aromatic nitrogens is 1. The van der Waals surface area contributed by atoms with Gasteiger partial charge in [-0.2, -0.15) is 0 Å². The van der Waals surface area contributed by atoms with Crippen molar-refractivity contribution in [2.24, 2.45) is 18.9 Å². The zero-order valence-electron chi connectivity index (χ0n) is 16.8. The van der Waals surface area contributed by atoms with Gasteiger partial charge in [-0.1, -0.05) is 29.8 Å². The Hall–Kier alpha value is -2.11. The van der Waals surface area contributed by atoms with Gasteiger partial charge in [0.2, 0.25) is 0 Å². The number of rotatable bonds is 1. The van der Waals surface area contributed by atoms with Crippen molar-refractivity contribution in [1.82, 2.24) is 9.47 Å². The van der Waals surface area contributed by atoms with E-state index in [-0.39, 0.29) is 42.0 Å². The first kappa shape index (κ1) is 20.6. The predicted octanol–water partition coefficient (Wildman–Crippen LogP) is 3.39. The van der Waals surface area contributed by atoms with E-state index in [1.54, 1.807) is 0 Å². The number of carbonyl (C=O) groups excluding carboxylic acids is 2. The molecule has 0 spiro atoms. The number of hydrogen-bond acceptors (Lipinski definition) is 4. The number of fused-ring (bicyclic) bond motifs is 5. The van der Waals surface area contributed by atoms with Crippen LogP contribution in [-0.2, 0) is 23.0 Å². The lowest BCUT2D eigenvalue weighted by atomic mass is 9.70. The second-order valence-electron chi connectivity index (χ2n) is 7.74. The van der Waals surface area contributed by atoms with Crippen molar-refractivity contribution < 1.29 is 14.3 Å². The molecule has 1 saturated heterocycles. The number of esters is 1. The number of hydrogen-bond donors (Lipinski definition) is 0. The summed E-state index contributed by atoms with van der Waals surface area (Å²) in [6.07, 6.45) is 3.08. The third-order valence-electron chi connectivity index (χ3n) is 6.46. The number of likely N-dealkylation sites (tertiary alicyclic amines) is 1. The highest BCUT2D eigenvalue weighted by Crippen LogP contribution is 2.42. The lowest BCUT2D eigenvalue weighted by Crippen LogP contribution is -2.54. The van der Waals surface area contributed by atoms with Gasteiger partial charge in [0.15, 0.2) is 5.78 Å². The van der Waals surface area contributed by atoms with Crippen LogP contribution in [0.15, 0.2) is 35.9 Å². The lowest BCUT2D eigenvalue weighted by molar-refractivity contribution is -0.150. The Morgan fingerprint density at radius 2 is 1.93 bits per heavy atom. The van der Waals surface area contributed by atoms with Gasteiger partial charge in [-0.3, -0.25) is 14.5 Å². The predicted molar refractivity (Wildman–Crippen MR) is 112 cm³/mol. The third kappa shape index (κ3) is 2.97. The Bertz CT molecular complexity index is 962. The van der Waals surface area contributed by atoms with Crippen molar-refractivity contribution in [3.8, 4) is 0 Å². The Morgan fingerprint density at radius 3 is 2.61 bits per heavy atom. The molecule has 3 unspecified atom stereocenters. The van der Waals surface area contributed by atoms with Crippen molar-refractivity contribution in [2.75, 3.05) is 20.7 Å². The van der Waals surface area contributed by atoms with Crippen LogP contribution in [0.1, 0.15) is 29.4 Å². The number of aryl methyl sites for hydroxylation is 1. The summed E-state index contributed by atoms with van der Waals surface area (Å²) in [6, 6.07) is 8.16. The minimum atomic E-state index is -0.323. The number of piperidine rings is 1. The molecular weight excluding hydrogens is 376 g/mol. The summed E-state index contributed by atoms with van der Waals surface area (Å²) in [5.74, 6) is -0.518. The van der Waals surface area contributed by atoms with Gasteiger partial charge < -0.3 is 9.30 Å². The molecule has 2 aromatic rings. The van der Waals surface area contributed by atoms with Crippen molar-refractivity contribution in [3.63, 3.8) is 0 Å². The second kappa shape index (κ2) is 7.72. The fourth-order valence-corrected chi connectivity index (χ4v) is 5.14. The molecule has 1 aromatic heterocycles. The number of para-hydroxylation sites is 1. The number of benzene rings is 1. The highest BCUT2D eigenvalue weighted by atomic mass is 35.5. The first-order valence-electron chi connectivity index (χ1n) is 9.50. The maximum atomic E-state index is 13.3. The normalized spacial score (nSPS) is 26.4. The quantitative estimate of drug-likeness (QED) is 0.542. The highest BCUT2D eigenvalue weighted by molar-refractivity contribution is 6.03. The number of carbonyl (C=O) groups is 2. The van der Waals surface area contributed by atoms with Gasteiger partial charge in [0.25, 0.3) is 0 Å². The number of ketones is 1. The molecule has 0 N–H and O–H groups in total. The van der Waals surface area contributed by atoms with Crippen LogP contribution in [0.5, 0.6) is 0 Å². The zero-order valence-corrected chi connectivity index (χ0v) is 17.6. The third-order valence-corrected chi connectivity index (χ3v) is 6.46. The molecule has 1 aliphatic heterocycles. The number of allylic oxidation sites excluding steroid dienone is 1. The van der Waals surface area contributed by atoms with Crippen LogP contribution in [0.25, 0.3) is 10.9 Å². The molecule has 1 aromatic carbocycles. The van der Waals surface area contributed by atoms with E-state index in [4.69, 9.17) is 4.74 Å². The summed E-state index contributed by atoms with van der Waals surface area (Å²) in [5.41, 5.74) is 4.07. The Morgan fingerprint density at radius 1 is 1.21 bits per heavy atom. The number of halogens is 1. The van der Waals surface area contributed by atoms with Crippen LogP contribution >= 0.6 is 12.4 Å². The Kier molecular flexibility index (Phi) is 5.69. The van der Waals surface area contributed by atoms with E-state index >= 15 is 0 Å². The van der Waals surface area contributed by atoms with Gasteiger partial charge in [-0.05, 0) is 32.0 Å². The molecule has 0 amide bonds. The maximum absolute atomic E-state index is 13.3. The number of ether oxygens (including phenoxy) is 1. The molecule has 1 aliphatic carbocycles. The van der Waals surface area contributed by atoms with Crippen LogP contribution in [0.3, 0.4) is 0 Å². The second-order valence-corrected chi connectivity index (χ2v) is 7.74. The van der Waals surface area contributed by atoms with E-state index in [1.165, 1.54) is 7.11 Å². The van der Waals surface area contributed by atoms with Crippen molar-refractivity contribution in [3.05, 3.63) is 47.2 Å². The molecule has 6 heteroatoms. The minimum Gasteiger partial charge on any atom is -0.469 e. The van der Waals surface area contributed by atoms with Gasteiger partial charge >= 0.3 is 5.97 Å². The molecule has 0 radical (unpaired) electrons. The number of methoxy groups -OCH3 is 1. The molecule has 150 valence electrons. The molecular formula is C22H27ClN2O3. The topological polar surface area (TPSA) is 51.5 Å². The maximum Gasteiger partial charge on any atom is 0.310 e. The van der Waals surface area contributed by atoms with Crippen LogP contribution in [-0.4, -0.2) is 48.0 Å². The van der Waals surface area contributed by atoms with Crippen LogP contribution in [0.2, 0.25) is 0 Å². The average Bonchev–Trinajstić information content (AvgIpc) is 2.94. The summed E-state index contributed by atoms with van der Waals surface area (Å²) in [5, 5.41) is 1.11. The first-order valence-corrected chi connectivity index (χ1v) is 9.50. The van der Waals surface area contributed by atoms with Gasteiger partial charge in [0.05, 0.1) is 18.7 Å². The summed E-state index contributed by atoms with van der Waals surface area (Å²) < 4.78 is 7.19. The van der Waals surface area contributed by atoms with E-state index in [2.05, 4.69) is 30.2 Å². The standard InChI is InChI=1S/C22H26N2O3.ClH/c1-5-13-12-23(2)18-10-16-14-8-6-7-9-17(14)24(3)21(16)19(25)11-15(13)20(18)22(26)27-4;/h5-9,15,18,20H,10-12H2,1-4H3;1H/b13-5-;. The molecule has 28 heavy (non-hydrogen) atoms. The van der Waals surface area contributed by atoms with Gasteiger partial charge in [0, 0.05) is 42.9 Å². The summed E-state index contributed by atoms with van der Waals surface area (Å²) in [6.45, 7) is 2.77. The van der Waals surface area contributed by atoms with Gasteiger partial charge in [0.1, 0.15) is 0 Å². The van der Waals surface area contributed by atoms with Gasteiger partial charge in [-0.15, -0.1) is 12.4 Å². The average molecular weight is 403 g/mol. The number of nitrogens with zero attached hydrogens (tertiary/aromatic N) is 2. The minimum absolute atomic E-state index is 0. The van der Waals surface area contributed by atoms with E-state index in [0.29, 0.717) is 12.8 Å². The molecule has 3 atom stereocenters. The summed E-state index contributed by atoms with van der Waals surface area (Å²) >= 11 is 0. The van der Waals surface area contributed by atoms with Crippen LogP contribution in [0.4, 0.5) is 0 Å². The van der Waals surface area contributed by atoms with Crippen LogP contribution < -0.4 is 0 Å². The molecule has 2 aliphatic rings. The molecule has 4 rings (SSSR count). The largest absolute Gasteiger partial charge is 0.469 e. The Labute approximate surface area is 171 Å². The van der Waals surface area contributed by atoms with E-state index < -0.39 is 0 Å². The number of Topliss-reactive ketones (excluding diaryl/α,β-unsaturated/α-hetero) is 1. The highest BCUT2D eigenvalue weighted by Gasteiger charge is 2.47. The first-order chi connectivity index (χ1) is 13.0. The van der Waals surface area contributed by atoms with Crippen molar-refractivity contribution >= 4 is 35.1 Å². The lowest BCUT2D eigenvalue weighted by Gasteiger charge is -2.45. The zero-order chi connectivity index (χ0) is 19.3. The Balaban J connectivity index is 0.00000225. The van der Waals surface area contributed by atoms with Crippen molar-refractivity contribution in [2.45, 2.75) is 25.8 Å². The molecule has 5 nitrogen and oxygen atoms in total. The molecule has 0 saturated carbocycles. The summed E-state index contributed by atoms with van der Waals surface area (Å²) in [7, 11) is 5.47. The monoisotopic (exact) mass is 402 g/mol. The summed E-state index contributed by atoms with van der Waals surface area (Å²) in [4.78, 5) is 28.3. The van der Waals surface area contributed by atoms with Crippen molar-refractivity contribution in [1.29, 1.82) is 0 Å². The number of likely N-dealkylation sites (N-methyl/N-ethyl adjacent to an activating group) is 1. The fraction of sp³-hybridized carbons (Fsp3) is 0.455. The fourth-order valence-electron chi connectivity index (χ4n) is 5.14. The van der Waals surface area contributed by atoms with E-state index in [9.17, 15) is 9.59 Å². The molecule has 1 fully saturated rings. The van der Waals surface area contributed by atoms with Crippen LogP contribution in [0, 0.1) is 11.8 Å². The van der Waals surface area contributed by atoms with E-state index in [1.807, 2.05) is 30.7 Å². The van der Waals surface area contributed by atoms with Gasteiger partial charge in [-0.25, -0.2) is 0 Å². The molecule has 2 bridgehead atoms. The SMILES string of the molecule is C/C=C1/CN(C)C2Cc3c(n(C)c4ccccc34)C(=O)CC1C2C(=O)OC.Cl. The van der Waals surface area contributed by atoms with E-state index in [0.717, 1.165) is 34.3 Å².